The summed E-state index contributed by atoms with van der Waals surface area (Å²) in [6.45, 7) is 5.08. The molecule has 0 aromatic heterocycles. The number of hydrogen-bond donors (Lipinski definition) is 1. The van der Waals surface area contributed by atoms with Crippen LogP contribution in [0.3, 0.4) is 0 Å². The molecule has 0 aliphatic heterocycles. The maximum Gasteiger partial charge on any atom is 0.232 e. The van der Waals surface area contributed by atoms with Gasteiger partial charge in [-0.15, -0.1) is 0 Å². The number of hydrogen-bond acceptors (Lipinski definition) is 3. The first-order chi connectivity index (χ1) is 7.19. The molecule has 1 rings (SSSR count). The molecule has 0 spiro atoms. The zero-order valence-corrected chi connectivity index (χ0v) is 10.4. The molecule has 4 heteroatoms. The Kier molecular flexibility index (Phi) is 5.47. The van der Waals surface area contributed by atoms with E-state index in [1.807, 2.05) is 18.7 Å². The van der Waals surface area contributed by atoms with Crippen molar-refractivity contribution in [1.29, 1.82) is 0 Å². The molecule has 1 unspecified atom stereocenters. The molecule has 15 heavy (non-hydrogen) atoms. The Morgan fingerprint density at radius 1 is 1.60 bits per heavy atom. The van der Waals surface area contributed by atoms with Gasteiger partial charge in [-0.1, -0.05) is 6.92 Å². The number of aliphatic hydroxyl groups is 1. The van der Waals surface area contributed by atoms with Crippen molar-refractivity contribution in [2.75, 3.05) is 24.7 Å². The van der Waals surface area contributed by atoms with Crippen molar-refractivity contribution in [2.45, 2.75) is 32.7 Å². The minimum atomic E-state index is 0.210. The van der Waals surface area contributed by atoms with E-state index in [9.17, 15) is 4.79 Å². The molecule has 0 aromatic carbocycles. The zero-order chi connectivity index (χ0) is 11.3. The molecule has 1 saturated carbocycles. The molecular formula is C11H21NO2S. The van der Waals surface area contributed by atoms with E-state index in [-0.39, 0.29) is 12.5 Å². The Balaban J connectivity index is 2.16. The van der Waals surface area contributed by atoms with Gasteiger partial charge in [0.2, 0.25) is 5.91 Å². The third kappa shape index (κ3) is 4.43. The number of thioether (sulfide) groups is 1. The Hall–Kier alpha value is -0.220. The maximum absolute atomic E-state index is 11.8. The minimum absolute atomic E-state index is 0.210. The van der Waals surface area contributed by atoms with E-state index in [1.165, 1.54) is 12.8 Å². The van der Waals surface area contributed by atoms with Gasteiger partial charge in [0.25, 0.3) is 0 Å². The second-order valence-corrected chi connectivity index (χ2v) is 5.24. The summed E-state index contributed by atoms with van der Waals surface area (Å²) in [5.41, 5.74) is 0. The molecule has 0 aromatic rings. The summed E-state index contributed by atoms with van der Waals surface area (Å²) in [7, 11) is 0. The maximum atomic E-state index is 11.8. The fraction of sp³-hybridized carbons (Fsp3) is 0.909. The van der Waals surface area contributed by atoms with Crippen LogP contribution in [0.4, 0.5) is 0 Å². The standard InChI is InChI=1S/C11H21NO2S/c1-3-12(10-4-5-10)11(14)8-15-7-9(2)6-13/h9-10,13H,3-8H2,1-2H3. The number of carbonyl (C=O) groups excluding carboxylic acids is 1. The topological polar surface area (TPSA) is 40.5 Å². The summed E-state index contributed by atoms with van der Waals surface area (Å²) in [6.07, 6.45) is 2.36. The van der Waals surface area contributed by atoms with Crippen molar-refractivity contribution >= 4 is 17.7 Å². The average Bonchev–Trinajstić information content (AvgIpc) is 3.03. The van der Waals surface area contributed by atoms with Crippen molar-refractivity contribution in [1.82, 2.24) is 4.90 Å². The average molecular weight is 231 g/mol. The Morgan fingerprint density at radius 3 is 2.73 bits per heavy atom. The van der Waals surface area contributed by atoms with E-state index in [4.69, 9.17) is 5.11 Å². The monoisotopic (exact) mass is 231 g/mol. The van der Waals surface area contributed by atoms with Crippen LogP contribution in [0.5, 0.6) is 0 Å². The highest BCUT2D eigenvalue weighted by Crippen LogP contribution is 2.27. The lowest BCUT2D eigenvalue weighted by molar-refractivity contribution is -0.128. The zero-order valence-electron chi connectivity index (χ0n) is 9.61. The van der Waals surface area contributed by atoms with Gasteiger partial charge >= 0.3 is 0 Å². The summed E-state index contributed by atoms with van der Waals surface area (Å²) in [5.74, 6) is 1.98. The lowest BCUT2D eigenvalue weighted by Gasteiger charge is -2.20. The Bertz CT molecular complexity index is 207. The predicted molar refractivity (Wildman–Crippen MR) is 64.0 cm³/mol. The van der Waals surface area contributed by atoms with Crippen LogP contribution in [0.1, 0.15) is 26.7 Å². The van der Waals surface area contributed by atoms with Crippen LogP contribution in [0.2, 0.25) is 0 Å². The van der Waals surface area contributed by atoms with Gasteiger partial charge in [0.15, 0.2) is 0 Å². The SMILES string of the molecule is CCN(C(=O)CSCC(C)CO)C1CC1. The van der Waals surface area contributed by atoms with Gasteiger partial charge < -0.3 is 10.0 Å². The second-order valence-electron chi connectivity index (χ2n) is 4.21. The van der Waals surface area contributed by atoms with E-state index in [0.29, 0.717) is 17.7 Å². The highest BCUT2D eigenvalue weighted by Gasteiger charge is 2.30. The molecule has 1 aliphatic carbocycles. The van der Waals surface area contributed by atoms with Crippen molar-refractivity contribution in [2.24, 2.45) is 5.92 Å². The van der Waals surface area contributed by atoms with Gasteiger partial charge in [0.1, 0.15) is 0 Å². The minimum Gasteiger partial charge on any atom is -0.396 e. The third-order valence-corrected chi connectivity index (χ3v) is 3.84. The Labute approximate surface area is 96.2 Å². The fourth-order valence-corrected chi connectivity index (χ4v) is 2.47. The molecule has 0 radical (unpaired) electrons. The Morgan fingerprint density at radius 2 is 2.27 bits per heavy atom. The molecule has 0 heterocycles. The van der Waals surface area contributed by atoms with E-state index >= 15 is 0 Å². The van der Waals surface area contributed by atoms with Gasteiger partial charge in [-0.3, -0.25) is 4.79 Å². The first-order valence-electron chi connectivity index (χ1n) is 5.67. The normalized spacial score (nSPS) is 17.5. The molecule has 1 aliphatic rings. The number of carbonyl (C=O) groups is 1. The molecular weight excluding hydrogens is 210 g/mol. The lowest BCUT2D eigenvalue weighted by atomic mass is 10.2. The van der Waals surface area contributed by atoms with Crippen LogP contribution in [0.15, 0.2) is 0 Å². The molecule has 3 nitrogen and oxygen atoms in total. The van der Waals surface area contributed by atoms with Gasteiger partial charge in [-0.25, -0.2) is 0 Å². The summed E-state index contributed by atoms with van der Waals surface area (Å²) in [6, 6.07) is 0.526. The van der Waals surface area contributed by atoms with Crippen LogP contribution in [0.25, 0.3) is 0 Å². The summed E-state index contributed by atoms with van der Waals surface area (Å²) >= 11 is 1.63. The highest BCUT2D eigenvalue weighted by molar-refractivity contribution is 7.99. The molecule has 0 bridgehead atoms. The third-order valence-electron chi connectivity index (χ3n) is 2.59. The molecule has 1 fully saturated rings. The summed E-state index contributed by atoms with van der Waals surface area (Å²) in [5, 5.41) is 8.84. The van der Waals surface area contributed by atoms with E-state index in [1.54, 1.807) is 11.8 Å². The van der Waals surface area contributed by atoms with E-state index in [2.05, 4.69) is 0 Å². The van der Waals surface area contributed by atoms with Crippen molar-refractivity contribution in [3.05, 3.63) is 0 Å². The van der Waals surface area contributed by atoms with E-state index < -0.39 is 0 Å². The van der Waals surface area contributed by atoms with Crippen molar-refractivity contribution in [3.8, 4) is 0 Å². The van der Waals surface area contributed by atoms with Gasteiger partial charge in [0.05, 0.1) is 5.75 Å². The number of nitrogens with zero attached hydrogens (tertiary/aromatic N) is 1. The van der Waals surface area contributed by atoms with Crippen LogP contribution in [-0.2, 0) is 4.79 Å². The van der Waals surface area contributed by atoms with Gasteiger partial charge in [0, 0.05) is 19.2 Å². The largest absolute Gasteiger partial charge is 0.396 e. The number of rotatable bonds is 7. The molecule has 0 saturated heterocycles. The second kappa shape index (κ2) is 6.38. The lowest BCUT2D eigenvalue weighted by Crippen LogP contribution is -2.34. The van der Waals surface area contributed by atoms with Gasteiger partial charge in [-0.2, -0.15) is 11.8 Å². The van der Waals surface area contributed by atoms with Gasteiger partial charge in [-0.05, 0) is 31.4 Å². The summed E-state index contributed by atoms with van der Waals surface area (Å²) in [4.78, 5) is 13.8. The smallest absolute Gasteiger partial charge is 0.232 e. The fourth-order valence-electron chi connectivity index (χ4n) is 1.51. The van der Waals surface area contributed by atoms with Crippen molar-refractivity contribution < 1.29 is 9.90 Å². The first-order valence-corrected chi connectivity index (χ1v) is 6.82. The van der Waals surface area contributed by atoms with Crippen LogP contribution in [-0.4, -0.2) is 46.6 Å². The number of aliphatic hydroxyl groups excluding tert-OH is 1. The predicted octanol–water partition coefficient (Wildman–Crippen LogP) is 1.36. The number of amides is 1. The molecule has 1 N–H and O–H groups in total. The van der Waals surface area contributed by atoms with Crippen LogP contribution < -0.4 is 0 Å². The molecule has 88 valence electrons. The van der Waals surface area contributed by atoms with Crippen molar-refractivity contribution in [3.63, 3.8) is 0 Å². The first kappa shape index (κ1) is 12.8. The molecule has 1 amide bonds. The highest BCUT2D eigenvalue weighted by atomic mass is 32.2. The van der Waals surface area contributed by atoms with Crippen LogP contribution >= 0.6 is 11.8 Å². The summed E-state index contributed by atoms with van der Waals surface area (Å²) < 4.78 is 0. The van der Waals surface area contributed by atoms with Crippen LogP contribution in [0, 0.1) is 5.92 Å². The van der Waals surface area contributed by atoms with E-state index in [0.717, 1.165) is 12.3 Å². The molecule has 1 atom stereocenters. The quantitative estimate of drug-likeness (QED) is 0.719.